The molecule has 0 atom stereocenters. The molecule has 0 fully saturated rings. The van der Waals surface area contributed by atoms with Gasteiger partial charge in [0, 0.05) is 42.6 Å². The molecule has 1 aromatic carbocycles. The van der Waals surface area contributed by atoms with Gasteiger partial charge in [0.05, 0.1) is 11.8 Å². The smallest absolute Gasteiger partial charge is 0.251 e. The summed E-state index contributed by atoms with van der Waals surface area (Å²) in [6.07, 6.45) is 9.81. The van der Waals surface area contributed by atoms with Crippen molar-refractivity contribution in [1.82, 2.24) is 29.5 Å². The van der Waals surface area contributed by atoms with Crippen LogP contribution in [0.1, 0.15) is 15.9 Å². The molecular formula is C18H14N6O. The standard InChI is InChI=1S/C18H14N6O/c25-18-14-10-13(3-2-12(14)4-6-21-18)23-9-7-20-16(23)15-11-22-24-8-1-5-19-17(15)24/h1-3,5,7-11H,4,6H2,(H,21,25). The van der Waals surface area contributed by atoms with Crippen LogP contribution in [0.15, 0.2) is 55.2 Å². The summed E-state index contributed by atoms with van der Waals surface area (Å²) in [6.45, 7) is 0.690. The van der Waals surface area contributed by atoms with Crippen LogP contribution in [0.2, 0.25) is 0 Å². The third-order valence-electron chi connectivity index (χ3n) is 4.46. The van der Waals surface area contributed by atoms with Crippen molar-refractivity contribution in [2.24, 2.45) is 0 Å². The lowest BCUT2D eigenvalue weighted by Gasteiger charge is -2.18. The predicted molar refractivity (Wildman–Crippen MR) is 91.6 cm³/mol. The van der Waals surface area contributed by atoms with Crippen molar-refractivity contribution in [3.05, 3.63) is 66.4 Å². The van der Waals surface area contributed by atoms with Crippen molar-refractivity contribution in [2.75, 3.05) is 6.54 Å². The van der Waals surface area contributed by atoms with Gasteiger partial charge in [-0.3, -0.25) is 9.36 Å². The van der Waals surface area contributed by atoms with Gasteiger partial charge in [-0.25, -0.2) is 14.5 Å². The van der Waals surface area contributed by atoms with Crippen molar-refractivity contribution in [3.63, 3.8) is 0 Å². The van der Waals surface area contributed by atoms with E-state index in [1.54, 1.807) is 23.1 Å². The van der Waals surface area contributed by atoms with E-state index in [1.165, 1.54) is 0 Å². The number of fused-ring (bicyclic) bond motifs is 2. The molecule has 5 rings (SSSR count). The largest absolute Gasteiger partial charge is 0.352 e. The first kappa shape index (κ1) is 13.9. The average Bonchev–Trinajstić information content (AvgIpc) is 3.28. The summed E-state index contributed by atoms with van der Waals surface area (Å²) in [4.78, 5) is 21.0. The van der Waals surface area contributed by atoms with Crippen LogP contribution in [-0.4, -0.2) is 36.6 Å². The van der Waals surface area contributed by atoms with Gasteiger partial charge in [0.25, 0.3) is 5.91 Å². The van der Waals surface area contributed by atoms with E-state index in [9.17, 15) is 4.79 Å². The van der Waals surface area contributed by atoms with E-state index in [1.807, 2.05) is 41.2 Å². The monoisotopic (exact) mass is 330 g/mol. The molecule has 7 heteroatoms. The number of nitrogens with zero attached hydrogens (tertiary/aromatic N) is 5. The van der Waals surface area contributed by atoms with E-state index in [4.69, 9.17) is 0 Å². The summed E-state index contributed by atoms with van der Waals surface area (Å²) in [5, 5.41) is 7.22. The van der Waals surface area contributed by atoms with E-state index in [2.05, 4.69) is 20.4 Å². The van der Waals surface area contributed by atoms with Crippen LogP contribution < -0.4 is 5.32 Å². The zero-order chi connectivity index (χ0) is 16.8. The van der Waals surface area contributed by atoms with E-state index < -0.39 is 0 Å². The first-order valence-electron chi connectivity index (χ1n) is 8.05. The minimum absolute atomic E-state index is 0.0255. The van der Waals surface area contributed by atoms with Gasteiger partial charge < -0.3 is 5.32 Å². The molecule has 4 heterocycles. The number of amides is 1. The summed E-state index contributed by atoms with van der Waals surface area (Å²) in [5.41, 5.74) is 4.27. The fourth-order valence-corrected chi connectivity index (χ4v) is 3.25. The van der Waals surface area contributed by atoms with E-state index in [0.29, 0.717) is 6.54 Å². The lowest BCUT2D eigenvalue weighted by molar-refractivity contribution is 0.0946. The first-order valence-corrected chi connectivity index (χ1v) is 8.05. The maximum Gasteiger partial charge on any atom is 0.251 e. The number of hydrogen-bond acceptors (Lipinski definition) is 4. The highest BCUT2D eigenvalue weighted by atomic mass is 16.1. The molecule has 25 heavy (non-hydrogen) atoms. The van der Waals surface area contributed by atoms with Gasteiger partial charge in [0.2, 0.25) is 0 Å². The van der Waals surface area contributed by atoms with Crippen LogP contribution in [0.3, 0.4) is 0 Å². The van der Waals surface area contributed by atoms with Crippen LogP contribution in [0.5, 0.6) is 0 Å². The number of aromatic nitrogens is 5. The number of carbonyl (C=O) groups is 1. The zero-order valence-electron chi connectivity index (χ0n) is 13.3. The third-order valence-corrected chi connectivity index (χ3v) is 4.46. The summed E-state index contributed by atoms with van der Waals surface area (Å²) >= 11 is 0. The molecular weight excluding hydrogens is 316 g/mol. The van der Waals surface area contributed by atoms with Crippen molar-refractivity contribution in [3.8, 4) is 17.1 Å². The van der Waals surface area contributed by atoms with Gasteiger partial charge in [0.1, 0.15) is 5.82 Å². The second kappa shape index (κ2) is 5.27. The Morgan fingerprint density at radius 1 is 1.08 bits per heavy atom. The molecule has 0 saturated carbocycles. The SMILES string of the molecule is O=C1NCCc2ccc(-n3ccnc3-c3cnn4cccnc34)cc21. The van der Waals surface area contributed by atoms with Crippen LogP contribution >= 0.6 is 0 Å². The molecule has 0 bridgehead atoms. The summed E-state index contributed by atoms with van der Waals surface area (Å²) in [7, 11) is 0. The molecule has 1 aliphatic rings. The fraction of sp³-hybridized carbons (Fsp3) is 0.111. The van der Waals surface area contributed by atoms with Gasteiger partial charge in [0.15, 0.2) is 5.65 Å². The van der Waals surface area contributed by atoms with Crippen LogP contribution in [0.4, 0.5) is 0 Å². The summed E-state index contributed by atoms with van der Waals surface area (Å²) in [5.74, 6) is 0.715. The summed E-state index contributed by atoms with van der Waals surface area (Å²) in [6, 6.07) is 7.77. The molecule has 1 amide bonds. The van der Waals surface area contributed by atoms with E-state index in [-0.39, 0.29) is 5.91 Å². The molecule has 122 valence electrons. The van der Waals surface area contributed by atoms with Crippen molar-refractivity contribution in [2.45, 2.75) is 6.42 Å². The Kier molecular flexibility index (Phi) is 2.93. The molecule has 0 aliphatic carbocycles. The quantitative estimate of drug-likeness (QED) is 0.609. The Balaban J connectivity index is 1.67. The zero-order valence-corrected chi connectivity index (χ0v) is 13.3. The Labute approximate surface area is 143 Å². The minimum Gasteiger partial charge on any atom is -0.352 e. The molecule has 0 spiro atoms. The van der Waals surface area contributed by atoms with Crippen LogP contribution in [0.25, 0.3) is 22.7 Å². The van der Waals surface area contributed by atoms with Gasteiger partial charge in [-0.15, -0.1) is 0 Å². The van der Waals surface area contributed by atoms with Crippen molar-refractivity contribution in [1.29, 1.82) is 0 Å². The Morgan fingerprint density at radius 3 is 3.00 bits per heavy atom. The highest BCUT2D eigenvalue weighted by Crippen LogP contribution is 2.26. The maximum atomic E-state index is 12.1. The molecule has 0 unspecified atom stereocenters. The van der Waals surface area contributed by atoms with Gasteiger partial charge in [-0.2, -0.15) is 5.10 Å². The topological polar surface area (TPSA) is 77.1 Å². The van der Waals surface area contributed by atoms with Gasteiger partial charge in [-0.1, -0.05) is 6.07 Å². The molecule has 4 aromatic rings. The third kappa shape index (κ3) is 2.13. The molecule has 0 saturated heterocycles. The number of benzene rings is 1. The van der Waals surface area contributed by atoms with Crippen molar-refractivity contribution < 1.29 is 4.79 Å². The average molecular weight is 330 g/mol. The van der Waals surface area contributed by atoms with E-state index in [0.717, 1.165) is 40.3 Å². The van der Waals surface area contributed by atoms with Crippen LogP contribution in [-0.2, 0) is 6.42 Å². The lowest BCUT2D eigenvalue weighted by atomic mass is 10.00. The first-order chi connectivity index (χ1) is 12.3. The number of hydrogen-bond donors (Lipinski definition) is 1. The van der Waals surface area contributed by atoms with Gasteiger partial charge >= 0.3 is 0 Å². The Bertz CT molecular complexity index is 1110. The molecule has 7 nitrogen and oxygen atoms in total. The number of imidazole rings is 1. The summed E-state index contributed by atoms with van der Waals surface area (Å²) < 4.78 is 3.67. The highest BCUT2D eigenvalue weighted by Gasteiger charge is 2.19. The number of carbonyl (C=O) groups excluding carboxylic acids is 1. The van der Waals surface area contributed by atoms with Crippen LogP contribution in [0, 0.1) is 0 Å². The normalized spacial score (nSPS) is 13.7. The molecule has 3 aromatic heterocycles. The molecule has 1 aliphatic heterocycles. The van der Waals surface area contributed by atoms with E-state index >= 15 is 0 Å². The second-order valence-electron chi connectivity index (χ2n) is 5.91. The fourth-order valence-electron chi connectivity index (χ4n) is 3.25. The van der Waals surface area contributed by atoms with Crippen molar-refractivity contribution >= 4 is 11.6 Å². The lowest BCUT2D eigenvalue weighted by Crippen LogP contribution is -2.31. The predicted octanol–water partition coefficient (Wildman–Crippen LogP) is 1.87. The minimum atomic E-state index is -0.0255. The second-order valence-corrected chi connectivity index (χ2v) is 5.91. The Hall–Kier alpha value is -3.48. The molecule has 1 N–H and O–H groups in total. The maximum absolute atomic E-state index is 12.1. The number of nitrogens with one attached hydrogen (secondary N) is 1. The highest BCUT2D eigenvalue weighted by molar-refractivity contribution is 5.97. The number of rotatable bonds is 2. The van der Waals surface area contributed by atoms with Gasteiger partial charge in [-0.05, 0) is 30.2 Å². The molecule has 0 radical (unpaired) electrons. The Morgan fingerprint density at radius 2 is 2.04 bits per heavy atom.